The lowest BCUT2D eigenvalue weighted by molar-refractivity contribution is -0.141. The van der Waals surface area contributed by atoms with E-state index in [9.17, 15) is 19.8 Å². The molecule has 2 unspecified atom stereocenters. The van der Waals surface area contributed by atoms with Crippen molar-refractivity contribution in [3.63, 3.8) is 0 Å². The molecule has 5 N–H and O–H groups in total. The Labute approximate surface area is 495 Å². The predicted molar refractivity (Wildman–Crippen MR) is 323 cm³/mol. The van der Waals surface area contributed by atoms with E-state index in [1.807, 2.05) is 87.9 Å². The van der Waals surface area contributed by atoms with E-state index >= 15 is 0 Å². The molecule has 6 aromatic rings. The molecule has 20 heteroatoms. The number of hydrogen-bond donors (Lipinski definition) is 4. The van der Waals surface area contributed by atoms with Gasteiger partial charge in [-0.25, -0.2) is 9.97 Å². The number of hydrogen-bond acceptors (Lipinski definition) is 18. The number of aromatic nitrogens is 5. The van der Waals surface area contributed by atoms with E-state index in [0.29, 0.717) is 52.3 Å². The fourth-order valence-electron chi connectivity index (χ4n) is 15.0. The zero-order valence-corrected chi connectivity index (χ0v) is 49.6. The van der Waals surface area contributed by atoms with Gasteiger partial charge in [0.15, 0.2) is 17.4 Å². The largest absolute Gasteiger partial charge is 0.507 e. The maximum Gasteiger partial charge on any atom is 0.243 e. The third kappa shape index (κ3) is 11.5. The van der Waals surface area contributed by atoms with Crippen LogP contribution in [-0.4, -0.2) is 152 Å². The minimum atomic E-state index is -0.797. The minimum absolute atomic E-state index is 0.0912. The molecule has 2 saturated carbocycles. The van der Waals surface area contributed by atoms with Gasteiger partial charge in [0.2, 0.25) is 17.7 Å². The van der Waals surface area contributed by atoms with E-state index in [4.69, 9.17) is 19.7 Å². The molecular formula is C64H80N12O7S. The number of amides is 2. The Bertz CT molecular complexity index is 3280. The summed E-state index contributed by atoms with van der Waals surface area (Å²) in [4.78, 5) is 49.8. The third-order valence-electron chi connectivity index (χ3n) is 19.6. The molecule has 2 aromatic carbocycles. The van der Waals surface area contributed by atoms with Crippen LogP contribution in [0.25, 0.3) is 21.7 Å². The molecule has 9 heterocycles. The summed E-state index contributed by atoms with van der Waals surface area (Å²) in [7, 11) is 0. The first-order valence-corrected chi connectivity index (χ1v) is 31.5. The molecule has 2 aliphatic carbocycles. The number of rotatable bonds is 17. The van der Waals surface area contributed by atoms with Crippen LogP contribution in [0.4, 0.5) is 23.0 Å². The standard InChI is InChI=1S/C64H80N12O7S/c1-38(2)59(63(80)75-36-47(77)26-54(75)62(79)68-39(3)42-9-11-43(12-10-42)60-40(4)67-37-84-60)56-30-57(71-83-56)73-23-18-64(19-24-73)31-41(32-64)33-72-21-16-48(17-22-72)81-49-27-50(28-49)82-58-25-44(15-20-66-58)76-45-13-14-46(76)35-74(34-45)53-29-52(69-70-61(53)65)51-7-5-6-8-55(51)78/h5-12,15,20,25,29-30,37-39,41,45-50,54,59,77-78H,13-14,16-19,21-24,26-28,31-36H2,1-4H3,(H2,65,70)(H,68,79)/t39-,45?,46?,47+,49?,50?,54-,59+/m0/s1. The summed E-state index contributed by atoms with van der Waals surface area (Å²) in [6, 6.07) is 22.9. The number of anilines is 4. The number of aliphatic hydroxyl groups excluding tert-OH is 1. The molecule has 84 heavy (non-hydrogen) atoms. The summed E-state index contributed by atoms with van der Waals surface area (Å²) in [6.07, 6.45) is 12.7. The van der Waals surface area contributed by atoms with E-state index < -0.39 is 18.1 Å². The lowest BCUT2D eigenvalue weighted by Gasteiger charge is -2.53. The van der Waals surface area contributed by atoms with Crippen molar-refractivity contribution in [1.29, 1.82) is 0 Å². The number of para-hydroxylation sites is 1. The zero-order chi connectivity index (χ0) is 57.8. The number of aryl methyl sites for hydroxylation is 1. The van der Waals surface area contributed by atoms with Crippen molar-refractivity contribution in [1.82, 2.24) is 40.4 Å². The number of aliphatic hydroxyl groups is 1. The number of β-amino-alcohol motifs (C(OH)–C–C–N with tert-alkyl or cyclic N) is 1. The van der Waals surface area contributed by atoms with Crippen molar-refractivity contribution in [3.05, 3.63) is 102 Å². The lowest BCUT2D eigenvalue weighted by Crippen LogP contribution is -2.54. The number of piperidine rings is 2. The Morgan fingerprint density at radius 1 is 0.857 bits per heavy atom. The van der Waals surface area contributed by atoms with Crippen LogP contribution in [0.5, 0.6) is 11.6 Å². The van der Waals surface area contributed by atoms with Gasteiger partial charge in [0.05, 0.1) is 51.8 Å². The number of piperazine rings is 1. The molecule has 7 fully saturated rings. The minimum Gasteiger partial charge on any atom is -0.507 e. The number of thiazole rings is 1. The monoisotopic (exact) mass is 1160 g/mol. The first kappa shape index (κ1) is 56.3. The number of nitrogen functional groups attached to an aromatic ring is 1. The van der Waals surface area contributed by atoms with Crippen molar-refractivity contribution in [2.24, 2.45) is 17.3 Å². The summed E-state index contributed by atoms with van der Waals surface area (Å²) in [5, 5.41) is 37.5. The highest BCUT2D eigenvalue weighted by molar-refractivity contribution is 7.13. The van der Waals surface area contributed by atoms with Crippen LogP contribution in [0.15, 0.2) is 89.0 Å². The number of carbonyl (C=O) groups is 2. The quantitative estimate of drug-likeness (QED) is 0.0670. The van der Waals surface area contributed by atoms with Crippen LogP contribution >= 0.6 is 11.3 Å². The van der Waals surface area contributed by atoms with E-state index in [0.717, 1.165) is 142 Å². The van der Waals surface area contributed by atoms with Crippen LogP contribution in [0.1, 0.15) is 120 Å². The molecule has 5 aliphatic heterocycles. The molecule has 6 atom stereocenters. The zero-order valence-electron chi connectivity index (χ0n) is 48.8. The molecule has 5 saturated heterocycles. The second kappa shape index (κ2) is 23.5. The maximum atomic E-state index is 14.4. The number of nitrogens with one attached hydrogen (secondary N) is 1. The van der Waals surface area contributed by atoms with Gasteiger partial charge in [-0.3, -0.25) is 9.59 Å². The van der Waals surface area contributed by atoms with Gasteiger partial charge in [0.1, 0.15) is 23.8 Å². The third-order valence-corrected chi connectivity index (χ3v) is 20.6. The van der Waals surface area contributed by atoms with Crippen molar-refractivity contribution < 1.29 is 33.8 Å². The summed E-state index contributed by atoms with van der Waals surface area (Å²) in [6.45, 7) is 14.7. The topological polar surface area (TPSA) is 225 Å². The number of likely N-dealkylation sites (tertiary alicyclic amines) is 2. The highest BCUT2D eigenvalue weighted by atomic mass is 32.1. The summed E-state index contributed by atoms with van der Waals surface area (Å²) < 4.78 is 19.1. The average Bonchev–Trinajstić information content (AvgIpc) is 2.22. The predicted octanol–water partition coefficient (Wildman–Crippen LogP) is 8.77. The molecule has 13 rings (SSSR count). The summed E-state index contributed by atoms with van der Waals surface area (Å²) >= 11 is 1.60. The smallest absolute Gasteiger partial charge is 0.243 e. The Balaban J connectivity index is 0.524. The van der Waals surface area contributed by atoms with Gasteiger partial charge >= 0.3 is 0 Å². The number of benzene rings is 2. The van der Waals surface area contributed by atoms with E-state index in [-0.39, 0.29) is 54.7 Å². The van der Waals surface area contributed by atoms with Crippen LogP contribution in [0.3, 0.4) is 0 Å². The van der Waals surface area contributed by atoms with Crippen LogP contribution in [-0.2, 0) is 14.3 Å². The normalized spacial score (nSPS) is 25.2. The number of nitrogens with two attached hydrogens (primary N) is 1. The fourth-order valence-corrected chi connectivity index (χ4v) is 15.8. The molecule has 2 bridgehead atoms. The SMILES string of the molecule is Cc1ncsc1-c1ccc([C@H](C)NC(=O)[C@@H]2C[C@@H](O)CN2C(=O)[C@@H](c2cc(N3CCC4(CC3)CC(CN3CCC(OC5CC(Oc6cc(N7C8CCC7CN(c7cc(-c9ccccc9O)nnc7N)C8)ccn6)C5)CC3)C4)no2)C(C)C)cc1. The fraction of sp³-hybridized carbons (Fsp3) is 0.547. The number of aromatic hydroxyl groups is 1. The molecule has 2 amide bonds. The summed E-state index contributed by atoms with van der Waals surface area (Å²) in [5.41, 5.74) is 14.9. The van der Waals surface area contributed by atoms with Gasteiger partial charge < -0.3 is 59.8 Å². The van der Waals surface area contributed by atoms with Gasteiger partial charge in [0, 0.05) is 113 Å². The number of pyridine rings is 1. The first-order chi connectivity index (χ1) is 40.7. The second-order valence-electron chi connectivity index (χ2n) is 25.6. The number of phenols is 1. The number of ether oxygens (including phenoxy) is 2. The van der Waals surface area contributed by atoms with Gasteiger partial charge in [-0.1, -0.05) is 55.4 Å². The summed E-state index contributed by atoms with van der Waals surface area (Å²) in [5.74, 6) is 1.95. The Morgan fingerprint density at radius 3 is 2.32 bits per heavy atom. The van der Waals surface area contributed by atoms with Crippen molar-refractivity contribution in [2.75, 3.05) is 72.8 Å². The Morgan fingerprint density at radius 2 is 1.61 bits per heavy atom. The van der Waals surface area contributed by atoms with Gasteiger partial charge in [-0.05, 0) is 118 Å². The molecule has 444 valence electrons. The molecule has 4 aromatic heterocycles. The van der Waals surface area contributed by atoms with Crippen LogP contribution in [0, 0.1) is 24.2 Å². The van der Waals surface area contributed by atoms with Crippen LogP contribution in [0.2, 0.25) is 0 Å². The number of nitrogens with zero attached hydrogens (tertiary/aromatic N) is 10. The molecule has 1 spiro atoms. The molecule has 0 radical (unpaired) electrons. The average molecular weight is 1160 g/mol. The van der Waals surface area contributed by atoms with Crippen molar-refractivity contribution in [3.8, 4) is 33.3 Å². The van der Waals surface area contributed by atoms with Gasteiger partial charge in [-0.2, -0.15) is 0 Å². The second-order valence-corrected chi connectivity index (χ2v) is 26.5. The van der Waals surface area contributed by atoms with E-state index in [2.05, 4.69) is 62.4 Å². The van der Waals surface area contributed by atoms with Crippen molar-refractivity contribution in [2.45, 2.75) is 153 Å². The van der Waals surface area contributed by atoms with E-state index in [1.54, 1.807) is 28.4 Å². The Hall–Kier alpha value is -6.87. The first-order valence-electron chi connectivity index (χ1n) is 30.7. The molecule has 19 nitrogen and oxygen atoms in total. The highest BCUT2D eigenvalue weighted by Crippen LogP contribution is 2.53. The Kier molecular flexibility index (Phi) is 15.8. The van der Waals surface area contributed by atoms with Crippen LogP contribution < -0.4 is 30.5 Å². The number of phenolic OH excluding ortho intramolecular Hbond substituents is 1. The number of fused-ring (bicyclic) bond motifs is 2. The molecule has 7 aliphatic rings. The highest BCUT2D eigenvalue weighted by Gasteiger charge is 2.48. The maximum absolute atomic E-state index is 14.4. The van der Waals surface area contributed by atoms with Crippen molar-refractivity contribution >= 4 is 46.2 Å². The van der Waals surface area contributed by atoms with Gasteiger partial charge in [0.25, 0.3) is 0 Å². The van der Waals surface area contributed by atoms with E-state index in [1.165, 1.54) is 12.8 Å². The van der Waals surface area contributed by atoms with Gasteiger partial charge in [-0.15, -0.1) is 21.5 Å². The number of carbonyl (C=O) groups excluding carboxylic acids is 2. The molecular weight excluding hydrogens is 1080 g/mol. The lowest BCUT2D eigenvalue weighted by atomic mass is 9.57.